The minimum atomic E-state index is -4.60. The fraction of sp³-hybridized carbons (Fsp3) is 0.490. The number of carbonyl (C=O) groups excluding carboxylic acids is 1. The van der Waals surface area contributed by atoms with Crippen molar-refractivity contribution in [1.82, 2.24) is 19.6 Å². The number of ether oxygens (including phenoxy) is 5. The van der Waals surface area contributed by atoms with Crippen molar-refractivity contribution in [2.75, 3.05) is 87.5 Å². The van der Waals surface area contributed by atoms with Crippen LogP contribution in [0.1, 0.15) is 67.3 Å². The molecular weight excluding hydrogens is 917 g/mol. The number of carbonyl (C=O) groups is 1. The molecule has 1 amide bonds. The zero-order valence-corrected chi connectivity index (χ0v) is 39.8. The summed E-state index contributed by atoms with van der Waals surface area (Å²) in [6, 6.07) is 21.7. The lowest BCUT2D eigenvalue weighted by Gasteiger charge is -2.60. The summed E-state index contributed by atoms with van der Waals surface area (Å²) in [5, 5.41) is 16.3. The van der Waals surface area contributed by atoms with E-state index in [4.69, 9.17) is 28.7 Å². The number of H-pyrrole nitrogens is 1. The Morgan fingerprint density at radius 2 is 1.74 bits per heavy atom. The normalized spacial score (nSPS) is 24.7. The van der Waals surface area contributed by atoms with E-state index in [0.717, 1.165) is 100 Å². The van der Waals surface area contributed by atoms with Gasteiger partial charge in [0, 0.05) is 74.3 Å². The van der Waals surface area contributed by atoms with Crippen LogP contribution in [0, 0.1) is 21.4 Å². The number of nitro benzene ring substituents is 1. The van der Waals surface area contributed by atoms with Gasteiger partial charge in [-0.05, 0) is 111 Å². The molecule has 2 spiro atoms. The standard InChI is InChI=1S/C51H58N8O10S/c60-48(55-70(63,64)37-7-9-40(42(26-37)59(61)62)53-29-33-11-21-65-22-12-33)38-8-6-35(25-41(38)58-43-24-34-10-16-52-47(34)54-49(43)69-46-31-67-30-44(46)58)56-17-14-50(15-18-56)27-36(28-50)57-19-23-66-32-51(57)13-3-20-68-45-5-2-1-4-39(45)51/h1-2,4-10,16,24-26,33,36,44,46,53H,3,11-15,17-23,27-32H2,(H,52,54)(H,55,60)/t44-,46-,51?/m1/s1. The highest BCUT2D eigenvalue weighted by Crippen LogP contribution is 2.56. The SMILES string of the molecule is O=C(NS(=O)(=O)c1ccc(NCC2CCOCC2)c([N+](=O)[O-])c1)c1ccc(N2CCC3(CC2)CC(N2CCOCC24CCCOc2ccccc24)C3)cc1N1c2cc3cc[nH]c3nc2O[C@@H]2COC[C@H]21. The van der Waals surface area contributed by atoms with Crippen LogP contribution in [0.15, 0.2) is 83.9 Å². The number of pyridine rings is 1. The number of fused-ring (bicyclic) bond motifs is 5. The van der Waals surface area contributed by atoms with E-state index in [9.17, 15) is 23.3 Å². The van der Waals surface area contributed by atoms with E-state index in [1.165, 1.54) is 17.7 Å². The van der Waals surface area contributed by atoms with Crippen molar-refractivity contribution in [2.45, 2.75) is 80.0 Å². The molecule has 4 saturated heterocycles. The number of morpholine rings is 1. The van der Waals surface area contributed by atoms with Gasteiger partial charge in [-0.25, -0.2) is 13.1 Å². The van der Waals surface area contributed by atoms with Crippen LogP contribution < -0.4 is 29.3 Å². The largest absolute Gasteiger partial charge is 0.493 e. The van der Waals surface area contributed by atoms with Gasteiger partial charge in [-0.2, -0.15) is 4.98 Å². The Kier molecular flexibility index (Phi) is 11.6. The first kappa shape index (κ1) is 45.2. The molecule has 3 atom stereocenters. The van der Waals surface area contributed by atoms with Crippen molar-refractivity contribution in [2.24, 2.45) is 11.3 Å². The minimum absolute atomic E-state index is 0.101. The molecule has 8 heterocycles. The maximum atomic E-state index is 14.6. The Balaban J connectivity index is 0.824. The van der Waals surface area contributed by atoms with Crippen molar-refractivity contribution in [1.29, 1.82) is 0 Å². The van der Waals surface area contributed by atoms with Crippen molar-refractivity contribution in [3.8, 4) is 11.6 Å². The molecule has 0 radical (unpaired) electrons. The number of nitro groups is 1. The number of hydrogen-bond donors (Lipinski definition) is 3. The number of hydrogen-bond acceptors (Lipinski definition) is 15. The number of benzene rings is 3. The molecule has 70 heavy (non-hydrogen) atoms. The van der Waals surface area contributed by atoms with Crippen LogP contribution in [0.3, 0.4) is 0 Å². The zero-order chi connectivity index (χ0) is 47.6. The van der Waals surface area contributed by atoms with Gasteiger partial charge in [-0.15, -0.1) is 0 Å². The molecule has 6 aliphatic heterocycles. The first-order valence-electron chi connectivity index (χ1n) is 24.7. The molecule has 1 saturated carbocycles. The number of rotatable bonds is 10. The van der Waals surface area contributed by atoms with E-state index < -0.39 is 37.5 Å². The van der Waals surface area contributed by atoms with Crippen molar-refractivity contribution in [3.05, 3.63) is 100 Å². The zero-order valence-electron chi connectivity index (χ0n) is 39.0. The quantitative estimate of drug-likeness (QED) is 0.0965. The highest BCUT2D eigenvalue weighted by Gasteiger charge is 2.54. The van der Waals surface area contributed by atoms with Crippen molar-refractivity contribution < 1.29 is 41.8 Å². The molecule has 5 aromatic rings. The second-order valence-corrected chi connectivity index (χ2v) is 21.8. The van der Waals surface area contributed by atoms with Crippen LogP contribution in [0.4, 0.5) is 28.4 Å². The highest BCUT2D eigenvalue weighted by molar-refractivity contribution is 7.90. The summed E-state index contributed by atoms with van der Waals surface area (Å²) in [6.07, 6.45) is 9.28. The van der Waals surface area contributed by atoms with E-state index >= 15 is 0 Å². The predicted molar refractivity (Wildman–Crippen MR) is 261 cm³/mol. The van der Waals surface area contributed by atoms with Gasteiger partial charge in [-0.1, -0.05) is 18.2 Å². The molecule has 3 N–H and O–H groups in total. The van der Waals surface area contributed by atoms with Gasteiger partial charge >= 0.3 is 0 Å². The summed E-state index contributed by atoms with van der Waals surface area (Å²) in [5.41, 5.74) is 3.80. The first-order chi connectivity index (χ1) is 34.1. The average Bonchev–Trinajstić information content (AvgIpc) is 4.00. The summed E-state index contributed by atoms with van der Waals surface area (Å²) in [6.45, 7) is 6.97. The van der Waals surface area contributed by atoms with Gasteiger partial charge in [0.2, 0.25) is 5.88 Å². The molecule has 0 bridgehead atoms. The van der Waals surface area contributed by atoms with Gasteiger partial charge in [0.05, 0.1) is 65.7 Å². The van der Waals surface area contributed by atoms with E-state index in [-0.39, 0.29) is 34.2 Å². The summed E-state index contributed by atoms with van der Waals surface area (Å²) in [4.78, 5) is 41.0. The molecular formula is C51H58N8O10S. The second-order valence-electron chi connectivity index (χ2n) is 20.1. The molecule has 19 heteroatoms. The maximum Gasteiger partial charge on any atom is 0.293 e. The smallest absolute Gasteiger partial charge is 0.293 e. The van der Waals surface area contributed by atoms with Gasteiger partial charge in [-0.3, -0.25) is 19.8 Å². The molecule has 1 aliphatic carbocycles. The predicted octanol–water partition coefficient (Wildman–Crippen LogP) is 6.88. The van der Waals surface area contributed by atoms with Gasteiger partial charge in [0.15, 0.2) is 0 Å². The average molecular weight is 975 g/mol. The van der Waals surface area contributed by atoms with Crippen LogP contribution in [-0.4, -0.2) is 125 Å². The number of amides is 1. The fourth-order valence-corrected chi connectivity index (χ4v) is 13.4. The Labute approximate surface area is 406 Å². The third kappa shape index (κ3) is 8.08. The lowest BCUT2D eigenvalue weighted by molar-refractivity contribution is -0.384. The van der Waals surface area contributed by atoms with Crippen LogP contribution in [0.2, 0.25) is 0 Å². The molecule has 1 unspecified atom stereocenters. The summed E-state index contributed by atoms with van der Waals surface area (Å²) < 4.78 is 60.8. The Morgan fingerprint density at radius 1 is 0.900 bits per heavy atom. The summed E-state index contributed by atoms with van der Waals surface area (Å²) in [5.74, 6) is 0.722. The lowest BCUT2D eigenvalue weighted by atomic mass is 9.59. The third-order valence-corrected chi connectivity index (χ3v) is 17.5. The Hall–Kier alpha value is -5.99. The van der Waals surface area contributed by atoms with E-state index in [2.05, 4.69) is 49.1 Å². The minimum Gasteiger partial charge on any atom is -0.493 e. The number of anilines is 4. The second kappa shape index (κ2) is 18.0. The number of aromatic nitrogens is 2. The number of para-hydroxylation sites is 1. The van der Waals surface area contributed by atoms with Crippen molar-refractivity contribution >= 4 is 55.4 Å². The molecule has 3 aromatic carbocycles. The molecule has 7 aliphatic rings. The Bertz CT molecular complexity index is 2930. The van der Waals surface area contributed by atoms with Gasteiger partial charge < -0.3 is 43.8 Å². The van der Waals surface area contributed by atoms with E-state index in [1.807, 2.05) is 29.2 Å². The summed E-state index contributed by atoms with van der Waals surface area (Å²) >= 11 is 0. The van der Waals surface area contributed by atoms with Gasteiger partial charge in [0.25, 0.3) is 21.6 Å². The lowest BCUT2D eigenvalue weighted by Crippen LogP contribution is -2.64. The third-order valence-electron chi connectivity index (χ3n) is 16.2. The van der Waals surface area contributed by atoms with Crippen LogP contribution in [-0.2, 0) is 29.8 Å². The number of nitrogens with one attached hydrogen (secondary N) is 3. The molecule has 5 fully saturated rings. The summed E-state index contributed by atoms with van der Waals surface area (Å²) in [7, 11) is -4.60. The molecule has 2 aromatic heterocycles. The van der Waals surface area contributed by atoms with Crippen LogP contribution in [0.25, 0.3) is 11.0 Å². The number of nitrogens with zero attached hydrogens (tertiary/aromatic N) is 5. The first-order valence-corrected chi connectivity index (χ1v) is 26.2. The Morgan fingerprint density at radius 3 is 2.59 bits per heavy atom. The van der Waals surface area contributed by atoms with Crippen LogP contribution >= 0.6 is 0 Å². The maximum absolute atomic E-state index is 14.6. The molecule has 12 rings (SSSR count). The molecule has 18 nitrogen and oxygen atoms in total. The van der Waals surface area contributed by atoms with E-state index in [0.29, 0.717) is 75.1 Å². The molecule has 368 valence electrons. The highest BCUT2D eigenvalue weighted by atomic mass is 32.2. The number of sulfonamides is 1. The monoisotopic (exact) mass is 974 g/mol. The number of piperidine rings is 1. The topological polar surface area (TPSA) is 203 Å². The van der Waals surface area contributed by atoms with Gasteiger partial charge in [0.1, 0.15) is 28.9 Å². The number of aromatic amines is 1. The fourth-order valence-electron chi connectivity index (χ4n) is 12.4. The van der Waals surface area contributed by atoms with Crippen LogP contribution in [0.5, 0.6) is 11.6 Å². The van der Waals surface area contributed by atoms with Crippen molar-refractivity contribution in [3.63, 3.8) is 0 Å². The van der Waals surface area contributed by atoms with E-state index in [1.54, 1.807) is 12.3 Å².